The lowest BCUT2D eigenvalue weighted by molar-refractivity contribution is 0.0954. The van der Waals surface area contributed by atoms with Gasteiger partial charge in [0.25, 0.3) is 5.91 Å². The zero-order valence-electron chi connectivity index (χ0n) is 11.1. The van der Waals surface area contributed by atoms with Gasteiger partial charge in [0.2, 0.25) is 10.0 Å². The Kier molecular flexibility index (Phi) is 5.78. The maximum atomic E-state index is 11.9. The minimum atomic E-state index is -3.16. The van der Waals surface area contributed by atoms with Crippen LogP contribution in [0.4, 0.5) is 5.69 Å². The number of benzene rings is 1. The van der Waals surface area contributed by atoms with Crippen LogP contribution >= 0.6 is 0 Å². The van der Waals surface area contributed by atoms with Gasteiger partial charge >= 0.3 is 0 Å². The number of hydrogen-bond acceptors (Lipinski definition) is 4. The van der Waals surface area contributed by atoms with Crippen molar-refractivity contribution in [1.29, 1.82) is 0 Å². The fourth-order valence-electron chi connectivity index (χ4n) is 1.54. The Morgan fingerprint density at radius 1 is 1.21 bits per heavy atom. The van der Waals surface area contributed by atoms with Gasteiger partial charge in [0.1, 0.15) is 0 Å². The maximum Gasteiger partial charge on any atom is 0.253 e. The first-order valence-corrected chi connectivity index (χ1v) is 7.83. The number of carbonyl (C=O) groups is 1. The summed E-state index contributed by atoms with van der Waals surface area (Å²) >= 11 is 0. The molecule has 7 heteroatoms. The summed E-state index contributed by atoms with van der Waals surface area (Å²) in [6.07, 6.45) is 1.65. The van der Waals surface area contributed by atoms with Crippen LogP contribution in [0, 0.1) is 0 Å². The smallest absolute Gasteiger partial charge is 0.253 e. The van der Waals surface area contributed by atoms with Crippen molar-refractivity contribution in [2.75, 3.05) is 31.7 Å². The summed E-state index contributed by atoms with van der Waals surface area (Å²) in [6.45, 7) is 0.728. The van der Waals surface area contributed by atoms with E-state index in [1.165, 1.54) is 0 Å². The van der Waals surface area contributed by atoms with E-state index in [0.717, 1.165) is 11.9 Å². The largest absolute Gasteiger partial charge is 0.387 e. The number of sulfonamides is 1. The predicted octanol–water partition coefficient (Wildman–Crippen LogP) is 0.397. The molecule has 1 aromatic carbocycles. The van der Waals surface area contributed by atoms with Gasteiger partial charge in [0, 0.05) is 25.8 Å². The summed E-state index contributed by atoms with van der Waals surface area (Å²) in [6, 6.07) is 7.19. The average molecular weight is 285 g/mol. The predicted molar refractivity (Wildman–Crippen MR) is 75.8 cm³/mol. The Balaban J connectivity index is 2.39. The topological polar surface area (TPSA) is 87.3 Å². The summed E-state index contributed by atoms with van der Waals surface area (Å²) in [7, 11) is -1.41. The van der Waals surface area contributed by atoms with Crippen molar-refractivity contribution in [2.45, 2.75) is 6.42 Å². The molecule has 1 rings (SSSR count). The van der Waals surface area contributed by atoms with Crippen molar-refractivity contribution in [3.63, 3.8) is 0 Å². The molecule has 3 N–H and O–H groups in total. The van der Waals surface area contributed by atoms with Crippen molar-refractivity contribution in [3.8, 4) is 0 Å². The number of nitrogens with one attached hydrogen (secondary N) is 3. The highest BCUT2D eigenvalue weighted by atomic mass is 32.2. The van der Waals surface area contributed by atoms with E-state index in [1.807, 2.05) is 12.1 Å². The van der Waals surface area contributed by atoms with Crippen LogP contribution < -0.4 is 15.4 Å². The van der Waals surface area contributed by atoms with Gasteiger partial charge in [-0.25, -0.2) is 13.1 Å². The second-order valence-corrected chi connectivity index (χ2v) is 5.90. The van der Waals surface area contributed by atoms with Crippen LogP contribution in [-0.4, -0.2) is 40.7 Å². The molecule has 1 aromatic rings. The maximum absolute atomic E-state index is 11.9. The second-order valence-electron chi connectivity index (χ2n) is 4.07. The lowest BCUT2D eigenvalue weighted by Gasteiger charge is -2.09. The standard InChI is InChI=1S/C12H19N3O3S/c1-13-11-7-4-3-6-10(11)12(16)14-8-5-9-15-19(2,17)18/h3-4,6-7,13,15H,5,8-9H2,1-2H3,(H,14,16). The molecule has 0 aromatic heterocycles. The fourth-order valence-corrected chi connectivity index (χ4v) is 2.06. The number of para-hydroxylation sites is 1. The number of carbonyl (C=O) groups excluding carboxylic acids is 1. The van der Waals surface area contributed by atoms with Crippen LogP contribution in [0.3, 0.4) is 0 Å². The van der Waals surface area contributed by atoms with Crippen molar-refractivity contribution in [3.05, 3.63) is 29.8 Å². The zero-order valence-corrected chi connectivity index (χ0v) is 11.9. The van der Waals surface area contributed by atoms with E-state index in [-0.39, 0.29) is 5.91 Å². The Labute approximate surface area is 113 Å². The fraction of sp³-hybridized carbons (Fsp3) is 0.417. The van der Waals surface area contributed by atoms with Crippen LogP contribution in [0.25, 0.3) is 0 Å². The number of rotatable bonds is 7. The minimum absolute atomic E-state index is 0.177. The third-order valence-electron chi connectivity index (χ3n) is 2.44. The number of hydrogen-bond donors (Lipinski definition) is 3. The molecule has 0 fully saturated rings. The molecule has 0 heterocycles. The van der Waals surface area contributed by atoms with Gasteiger partial charge in [-0.1, -0.05) is 12.1 Å². The molecule has 0 bridgehead atoms. The van der Waals surface area contributed by atoms with E-state index in [1.54, 1.807) is 19.2 Å². The molecule has 0 atom stereocenters. The molecule has 0 radical (unpaired) electrons. The summed E-state index contributed by atoms with van der Waals surface area (Å²) in [4.78, 5) is 11.9. The normalized spacial score (nSPS) is 11.1. The molecule has 0 unspecified atom stereocenters. The summed E-state index contributed by atoms with van der Waals surface area (Å²) in [5.74, 6) is -0.177. The van der Waals surface area contributed by atoms with E-state index < -0.39 is 10.0 Å². The third-order valence-corrected chi connectivity index (χ3v) is 3.17. The molecule has 106 valence electrons. The van der Waals surface area contributed by atoms with E-state index >= 15 is 0 Å². The Bertz CT molecular complexity index is 529. The first kappa shape index (κ1) is 15.5. The Morgan fingerprint density at radius 3 is 2.53 bits per heavy atom. The molecule has 0 aliphatic carbocycles. The van der Waals surface area contributed by atoms with Crippen LogP contribution in [0.5, 0.6) is 0 Å². The first-order chi connectivity index (χ1) is 8.94. The van der Waals surface area contributed by atoms with Crippen molar-refractivity contribution >= 4 is 21.6 Å². The van der Waals surface area contributed by atoms with Crippen LogP contribution in [-0.2, 0) is 10.0 Å². The molecule has 0 aliphatic heterocycles. The highest BCUT2D eigenvalue weighted by Gasteiger charge is 2.08. The average Bonchev–Trinajstić information content (AvgIpc) is 2.36. The SMILES string of the molecule is CNc1ccccc1C(=O)NCCCNS(C)(=O)=O. The van der Waals surface area contributed by atoms with Gasteiger partial charge in [-0.2, -0.15) is 0 Å². The van der Waals surface area contributed by atoms with Gasteiger partial charge in [0.15, 0.2) is 0 Å². The van der Waals surface area contributed by atoms with Gasteiger partial charge in [-0.05, 0) is 18.6 Å². The van der Waals surface area contributed by atoms with Crippen molar-refractivity contribution in [2.24, 2.45) is 0 Å². The summed E-state index contributed by atoms with van der Waals surface area (Å²) in [5.41, 5.74) is 1.33. The first-order valence-electron chi connectivity index (χ1n) is 5.93. The lowest BCUT2D eigenvalue weighted by Crippen LogP contribution is -2.29. The summed E-state index contributed by atoms with van der Waals surface area (Å²) < 4.78 is 24.0. The van der Waals surface area contributed by atoms with E-state index in [0.29, 0.717) is 25.1 Å². The molecule has 0 saturated heterocycles. The third kappa shape index (κ3) is 5.71. The minimum Gasteiger partial charge on any atom is -0.387 e. The van der Waals surface area contributed by atoms with Crippen molar-refractivity contribution in [1.82, 2.24) is 10.0 Å². The molecule has 0 spiro atoms. The molecule has 19 heavy (non-hydrogen) atoms. The molecule has 0 aliphatic rings. The highest BCUT2D eigenvalue weighted by Crippen LogP contribution is 2.13. The molecule has 1 amide bonds. The van der Waals surface area contributed by atoms with Gasteiger partial charge in [0.05, 0.1) is 11.8 Å². The molecule has 0 saturated carbocycles. The van der Waals surface area contributed by atoms with E-state index in [4.69, 9.17) is 0 Å². The van der Waals surface area contributed by atoms with Gasteiger partial charge in [-0.3, -0.25) is 4.79 Å². The van der Waals surface area contributed by atoms with Gasteiger partial charge in [-0.15, -0.1) is 0 Å². The van der Waals surface area contributed by atoms with Crippen LogP contribution in [0.1, 0.15) is 16.8 Å². The molecule has 6 nitrogen and oxygen atoms in total. The molecular formula is C12H19N3O3S. The lowest BCUT2D eigenvalue weighted by atomic mass is 10.1. The highest BCUT2D eigenvalue weighted by molar-refractivity contribution is 7.88. The second kappa shape index (κ2) is 7.10. The van der Waals surface area contributed by atoms with Crippen LogP contribution in [0.2, 0.25) is 0 Å². The van der Waals surface area contributed by atoms with Crippen molar-refractivity contribution < 1.29 is 13.2 Å². The monoisotopic (exact) mass is 285 g/mol. The number of anilines is 1. The summed E-state index contributed by atoms with van der Waals surface area (Å²) in [5, 5.41) is 5.69. The van der Waals surface area contributed by atoms with Gasteiger partial charge < -0.3 is 10.6 Å². The zero-order chi connectivity index (χ0) is 14.3. The Hall–Kier alpha value is -1.60. The number of amides is 1. The quantitative estimate of drug-likeness (QED) is 0.633. The van der Waals surface area contributed by atoms with E-state index in [2.05, 4.69) is 15.4 Å². The van der Waals surface area contributed by atoms with E-state index in [9.17, 15) is 13.2 Å². The molecular weight excluding hydrogens is 266 g/mol. The van der Waals surface area contributed by atoms with Crippen LogP contribution in [0.15, 0.2) is 24.3 Å². The Morgan fingerprint density at radius 2 is 1.89 bits per heavy atom.